The van der Waals surface area contributed by atoms with Crippen LogP contribution in [-0.2, 0) is 6.54 Å². The number of aryl methyl sites for hydroxylation is 1. The summed E-state index contributed by atoms with van der Waals surface area (Å²) in [5.74, 6) is 0.745. The number of nitrogens with one attached hydrogen (secondary N) is 1. The molecule has 0 aliphatic rings. The van der Waals surface area contributed by atoms with Crippen molar-refractivity contribution in [2.24, 2.45) is 0 Å². The van der Waals surface area contributed by atoms with Crippen molar-refractivity contribution in [2.45, 2.75) is 26.8 Å². The third-order valence-corrected chi connectivity index (χ3v) is 3.50. The number of ether oxygens (including phenoxy) is 1. The van der Waals surface area contributed by atoms with Gasteiger partial charge in [-0.2, -0.15) is 4.98 Å². The first-order chi connectivity index (χ1) is 10.1. The molecule has 0 aliphatic heterocycles. The molecular formula is C15H17BrFN3O. The van der Waals surface area contributed by atoms with Crippen molar-refractivity contribution in [1.82, 2.24) is 9.97 Å². The minimum Gasteiger partial charge on any atom is -0.478 e. The Hall–Kier alpha value is -1.69. The van der Waals surface area contributed by atoms with Gasteiger partial charge in [-0.1, -0.05) is 22.9 Å². The molecule has 0 unspecified atom stereocenters. The van der Waals surface area contributed by atoms with Crippen molar-refractivity contribution in [3.05, 3.63) is 45.8 Å². The number of benzene rings is 1. The van der Waals surface area contributed by atoms with Gasteiger partial charge in [-0.05, 0) is 37.1 Å². The van der Waals surface area contributed by atoms with Gasteiger partial charge in [0.15, 0.2) is 0 Å². The van der Waals surface area contributed by atoms with Crippen molar-refractivity contribution in [1.29, 1.82) is 0 Å². The molecule has 2 rings (SSSR count). The van der Waals surface area contributed by atoms with E-state index in [1.54, 1.807) is 12.1 Å². The lowest BCUT2D eigenvalue weighted by Gasteiger charge is -2.10. The largest absolute Gasteiger partial charge is 0.478 e. The zero-order valence-corrected chi connectivity index (χ0v) is 13.6. The van der Waals surface area contributed by atoms with Crippen LogP contribution >= 0.6 is 15.9 Å². The minimum atomic E-state index is -0.271. The summed E-state index contributed by atoms with van der Waals surface area (Å²) in [5, 5.41) is 3.09. The number of anilines is 1. The van der Waals surface area contributed by atoms with E-state index in [0.717, 1.165) is 22.2 Å². The van der Waals surface area contributed by atoms with Gasteiger partial charge in [0, 0.05) is 22.8 Å². The average Bonchev–Trinajstić information content (AvgIpc) is 2.45. The number of hydrogen-bond acceptors (Lipinski definition) is 4. The fraction of sp³-hybridized carbons (Fsp3) is 0.333. The van der Waals surface area contributed by atoms with Crippen molar-refractivity contribution in [2.75, 3.05) is 11.9 Å². The summed E-state index contributed by atoms with van der Waals surface area (Å²) >= 11 is 3.39. The highest BCUT2D eigenvalue weighted by molar-refractivity contribution is 9.10. The number of aromatic nitrogens is 2. The third kappa shape index (κ3) is 4.67. The Labute approximate surface area is 131 Å². The lowest BCUT2D eigenvalue weighted by Crippen LogP contribution is -2.07. The summed E-state index contributed by atoms with van der Waals surface area (Å²) in [6.07, 6.45) is 0.919. The van der Waals surface area contributed by atoms with Crippen LogP contribution in [0.5, 0.6) is 5.88 Å². The predicted molar refractivity (Wildman–Crippen MR) is 84.0 cm³/mol. The third-order valence-electron chi connectivity index (χ3n) is 2.73. The molecule has 4 nitrogen and oxygen atoms in total. The van der Waals surface area contributed by atoms with Gasteiger partial charge in [-0.15, -0.1) is 0 Å². The maximum atomic E-state index is 13.2. The quantitative estimate of drug-likeness (QED) is 0.849. The van der Waals surface area contributed by atoms with Gasteiger partial charge in [0.25, 0.3) is 0 Å². The van der Waals surface area contributed by atoms with Crippen LogP contribution in [0.25, 0.3) is 0 Å². The van der Waals surface area contributed by atoms with Crippen LogP contribution in [0.2, 0.25) is 0 Å². The molecule has 0 aliphatic carbocycles. The van der Waals surface area contributed by atoms with Crippen LogP contribution in [0.15, 0.2) is 28.7 Å². The highest BCUT2D eigenvalue weighted by Gasteiger charge is 2.06. The highest BCUT2D eigenvalue weighted by atomic mass is 79.9. The molecule has 0 spiro atoms. The van der Waals surface area contributed by atoms with Crippen LogP contribution in [0.4, 0.5) is 10.3 Å². The standard InChI is InChI=1S/C15H17BrFN3O/c1-3-6-21-14-7-10(2)19-15(20-14)18-9-11-8-12(17)4-5-13(11)16/h4-5,7-8H,3,6,9H2,1-2H3,(H,18,19,20). The summed E-state index contributed by atoms with van der Waals surface area (Å²) in [4.78, 5) is 8.58. The normalized spacial score (nSPS) is 10.5. The summed E-state index contributed by atoms with van der Waals surface area (Å²) in [5.41, 5.74) is 1.62. The summed E-state index contributed by atoms with van der Waals surface area (Å²) in [6, 6.07) is 6.35. The Balaban J connectivity index is 2.08. The van der Waals surface area contributed by atoms with Crippen molar-refractivity contribution >= 4 is 21.9 Å². The van der Waals surface area contributed by atoms with Crippen molar-refractivity contribution < 1.29 is 9.13 Å². The van der Waals surface area contributed by atoms with Crippen LogP contribution in [0, 0.1) is 12.7 Å². The maximum Gasteiger partial charge on any atom is 0.226 e. The van der Waals surface area contributed by atoms with Crippen LogP contribution in [-0.4, -0.2) is 16.6 Å². The smallest absolute Gasteiger partial charge is 0.226 e. The average molecular weight is 354 g/mol. The molecule has 1 N–H and O–H groups in total. The molecule has 1 aromatic carbocycles. The van der Waals surface area contributed by atoms with Gasteiger partial charge in [-0.3, -0.25) is 0 Å². The molecule has 1 heterocycles. The van der Waals surface area contributed by atoms with Crippen LogP contribution < -0.4 is 10.1 Å². The summed E-state index contributed by atoms with van der Waals surface area (Å²) < 4.78 is 19.6. The van der Waals surface area contributed by atoms with Crippen LogP contribution in [0.1, 0.15) is 24.6 Å². The Bertz CT molecular complexity index is 622. The molecule has 6 heteroatoms. The van der Waals surface area contributed by atoms with Gasteiger partial charge < -0.3 is 10.1 Å². The minimum absolute atomic E-state index is 0.271. The summed E-state index contributed by atoms with van der Waals surface area (Å²) in [7, 11) is 0. The maximum absolute atomic E-state index is 13.2. The molecule has 0 bridgehead atoms. The number of hydrogen-bond donors (Lipinski definition) is 1. The van der Waals surface area contributed by atoms with E-state index in [1.165, 1.54) is 12.1 Å². The monoisotopic (exact) mass is 353 g/mol. The zero-order chi connectivity index (χ0) is 15.2. The van der Waals surface area contributed by atoms with Gasteiger partial charge in [0.05, 0.1) is 6.61 Å². The fourth-order valence-electron chi connectivity index (χ4n) is 1.75. The molecule has 0 radical (unpaired) electrons. The lowest BCUT2D eigenvalue weighted by atomic mass is 10.2. The van der Waals surface area contributed by atoms with E-state index in [1.807, 2.05) is 13.8 Å². The second-order valence-corrected chi connectivity index (χ2v) is 5.46. The van der Waals surface area contributed by atoms with Gasteiger partial charge in [0.1, 0.15) is 5.82 Å². The first-order valence-corrected chi connectivity index (χ1v) is 7.54. The molecule has 2 aromatic rings. The molecule has 0 saturated heterocycles. The zero-order valence-electron chi connectivity index (χ0n) is 12.0. The summed E-state index contributed by atoms with van der Waals surface area (Å²) in [6.45, 7) is 4.96. The van der Waals surface area contributed by atoms with E-state index in [0.29, 0.717) is 25.0 Å². The first kappa shape index (κ1) is 15.7. The molecule has 0 fully saturated rings. The van der Waals surface area contributed by atoms with E-state index >= 15 is 0 Å². The number of nitrogens with zero attached hydrogens (tertiary/aromatic N) is 2. The Kier molecular flexibility index (Phi) is 5.50. The first-order valence-electron chi connectivity index (χ1n) is 6.74. The van der Waals surface area contributed by atoms with Gasteiger partial charge in [0.2, 0.25) is 11.8 Å². The van der Waals surface area contributed by atoms with E-state index in [2.05, 4.69) is 31.2 Å². The Morgan fingerprint density at radius 2 is 2.10 bits per heavy atom. The van der Waals surface area contributed by atoms with E-state index in [-0.39, 0.29) is 5.82 Å². The van der Waals surface area contributed by atoms with Crippen molar-refractivity contribution in [3.8, 4) is 5.88 Å². The van der Waals surface area contributed by atoms with E-state index in [9.17, 15) is 4.39 Å². The van der Waals surface area contributed by atoms with Gasteiger partial charge in [-0.25, -0.2) is 9.37 Å². The van der Waals surface area contributed by atoms with Gasteiger partial charge >= 0.3 is 0 Å². The highest BCUT2D eigenvalue weighted by Crippen LogP contribution is 2.19. The molecule has 21 heavy (non-hydrogen) atoms. The molecule has 0 amide bonds. The fourth-order valence-corrected chi connectivity index (χ4v) is 2.14. The van der Waals surface area contributed by atoms with E-state index < -0.39 is 0 Å². The molecule has 1 aromatic heterocycles. The molecule has 0 saturated carbocycles. The Morgan fingerprint density at radius 3 is 2.86 bits per heavy atom. The van der Waals surface area contributed by atoms with Crippen molar-refractivity contribution in [3.63, 3.8) is 0 Å². The molecular weight excluding hydrogens is 337 g/mol. The molecule has 112 valence electrons. The second kappa shape index (κ2) is 7.36. The SMILES string of the molecule is CCCOc1cc(C)nc(NCc2cc(F)ccc2Br)n1. The second-order valence-electron chi connectivity index (χ2n) is 4.61. The predicted octanol–water partition coefficient (Wildman–Crippen LogP) is 4.09. The number of rotatable bonds is 6. The number of halogens is 2. The van der Waals surface area contributed by atoms with E-state index in [4.69, 9.17) is 4.74 Å². The van der Waals surface area contributed by atoms with Crippen LogP contribution in [0.3, 0.4) is 0 Å². The topological polar surface area (TPSA) is 47.0 Å². The Morgan fingerprint density at radius 1 is 1.29 bits per heavy atom. The molecule has 0 atom stereocenters. The lowest BCUT2D eigenvalue weighted by molar-refractivity contribution is 0.305.